The Balaban J connectivity index is 2.41. The van der Waals surface area contributed by atoms with Crippen LogP contribution in [0.15, 0.2) is 12.1 Å². The third-order valence-corrected chi connectivity index (χ3v) is 2.95. The van der Waals surface area contributed by atoms with E-state index in [2.05, 4.69) is 4.83 Å². The molecule has 4 nitrogen and oxygen atoms in total. The number of benzene rings is 1. The Hall–Kier alpha value is -0.690. The number of nitrogens with zero attached hydrogens (tertiary/aromatic N) is 1. The summed E-state index contributed by atoms with van der Waals surface area (Å²) in [5.74, 6) is -0.454. The molecule has 15 heavy (non-hydrogen) atoms. The van der Waals surface area contributed by atoms with Crippen molar-refractivity contribution in [2.75, 3.05) is 11.6 Å². The zero-order chi connectivity index (χ0) is 11.0. The second-order valence-corrected chi connectivity index (χ2v) is 4.19. The molecule has 1 aromatic rings. The van der Waals surface area contributed by atoms with Crippen molar-refractivity contribution in [3.05, 3.63) is 28.5 Å². The average molecular weight is 251 g/mol. The van der Waals surface area contributed by atoms with E-state index in [4.69, 9.17) is 16.2 Å². The summed E-state index contributed by atoms with van der Waals surface area (Å²) >= 11 is 3.67. The molecule has 0 saturated heterocycles. The molecule has 0 fully saturated rings. The zero-order valence-corrected chi connectivity index (χ0v) is 9.11. The van der Waals surface area contributed by atoms with Gasteiger partial charge in [-0.3, -0.25) is 9.56 Å². The van der Waals surface area contributed by atoms with E-state index in [-0.39, 0.29) is 5.69 Å². The van der Waals surface area contributed by atoms with Gasteiger partial charge in [0.25, 0.3) is 11.3 Å². The molecule has 0 radical (unpaired) electrons. The van der Waals surface area contributed by atoms with Gasteiger partial charge < -0.3 is 0 Å². The van der Waals surface area contributed by atoms with Crippen molar-refractivity contribution < 1.29 is 13.2 Å². The fourth-order valence-corrected chi connectivity index (χ4v) is 2.25. The van der Waals surface area contributed by atoms with Crippen molar-refractivity contribution in [1.82, 2.24) is 4.83 Å². The monoisotopic (exact) mass is 250 g/mol. The molecular formula is C8H8ClFN2O2S. The van der Waals surface area contributed by atoms with Gasteiger partial charge in [-0.15, -0.1) is 4.83 Å². The molecule has 2 rings (SSSR count). The summed E-state index contributed by atoms with van der Waals surface area (Å²) in [4.78, 5) is 2.23. The summed E-state index contributed by atoms with van der Waals surface area (Å²) in [6.07, 6.45) is 0.552. The van der Waals surface area contributed by atoms with E-state index >= 15 is 0 Å². The van der Waals surface area contributed by atoms with Gasteiger partial charge in [0.15, 0.2) is 0 Å². The first-order valence-electron chi connectivity index (χ1n) is 4.21. The van der Waals surface area contributed by atoms with Crippen LogP contribution >= 0.6 is 11.6 Å². The van der Waals surface area contributed by atoms with Gasteiger partial charge in [-0.05, 0) is 18.6 Å². The minimum absolute atomic E-state index is 0.255. The van der Waals surface area contributed by atoms with Gasteiger partial charge in [0.05, 0.1) is 5.69 Å². The van der Waals surface area contributed by atoms with Crippen molar-refractivity contribution in [2.24, 2.45) is 0 Å². The van der Waals surface area contributed by atoms with Crippen LogP contribution in [0.25, 0.3) is 0 Å². The number of hydrazine groups is 1. The van der Waals surface area contributed by atoms with Crippen molar-refractivity contribution >= 4 is 28.6 Å². The Morgan fingerprint density at radius 1 is 1.60 bits per heavy atom. The number of hydrogen-bond acceptors (Lipinski definition) is 2. The Bertz CT molecular complexity index is 429. The van der Waals surface area contributed by atoms with Crippen LogP contribution in [0.3, 0.4) is 0 Å². The van der Waals surface area contributed by atoms with Gasteiger partial charge in [0.2, 0.25) is 0 Å². The quantitative estimate of drug-likeness (QED) is 0.782. The fourth-order valence-electron chi connectivity index (χ4n) is 1.63. The molecule has 1 heterocycles. The lowest BCUT2D eigenvalue weighted by molar-refractivity contribution is 0.543. The van der Waals surface area contributed by atoms with Crippen LogP contribution in [0.4, 0.5) is 10.1 Å². The van der Waals surface area contributed by atoms with Crippen LogP contribution in [0.1, 0.15) is 5.56 Å². The Morgan fingerprint density at radius 2 is 2.33 bits per heavy atom. The van der Waals surface area contributed by atoms with Crippen molar-refractivity contribution in [3.63, 3.8) is 0 Å². The first-order valence-corrected chi connectivity index (χ1v) is 5.69. The Labute approximate surface area is 93.4 Å². The molecular weight excluding hydrogens is 243 g/mol. The maximum Gasteiger partial charge on any atom is 0.250 e. The lowest BCUT2D eigenvalue weighted by atomic mass is 10.1. The van der Waals surface area contributed by atoms with Gasteiger partial charge >= 0.3 is 0 Å². The third-order valence-electron chi connectivity index (χ3n) is 2.22. The summed E-state index contributed by atoms with van der Waals surface area (Å²) in [5.41, 5.74) is 0.916. The standard InChI is InChI=1S/C8H8ClFN2O2S/c9-6-1-2-7(10)8-5(6)3-4-12(8)11-15(13)14/h1-2,11H,3-4H2,(H,13,14). The third kappa shape index (κ3) is 1.98. The molecule has 1 aromatic carbocycles. The molecule has 2 N–H and O–H groups in total. The molecule has 1 unspecified atom stereocenters. The van der Waals surface area contributed by atoms with Crippen LogP contribution in [-0.4, -0.2) is 15.3 Å². The maximum absolute atomic E-state index is 13.5. The highest BCUT2D eigenvalue weighted by Gasteiger charge is 2.25. The topological polar surface area (TPSA) is 52.6 Å². The molecule has 1 aliphatic heterocycles. The molecule has 0 bridgehead atoms. The average Bonchev–Trinajstić information content (AvgIpc) is 2.56. The van der Waals surface area contributed by atoms with E-state index in [0.717, 1.165) is 0 Å². The van der Waals surface area contributed by atoms with Gasteiger partial charge in [-0.2, -0.15) is 0 Å². The summed E-state index contributed by atoms with van der Waals surface area (Å²) < 4.78 is 32.7. The molecule has 1 atom stereocenters. The minimum Gasteiger partial charge on any atom is -0.293 e. The first-order chi connectivity index (χ1) is 7.09. The number of hydrogen-bond donors (Lipinski definition) is 2. The molecule has 0 aliphatic carbocycles. The molecule has 0 spiro atoms. The predicted molar refractivity (Wildman–Crippen MR) is 56.4 cm³/mol. The highest BCUT2D eigenvalue weighted by Crippen LogP contribution is 2.34. The van der Waals surface area contributed by atoms with E-state index < -0.39 is 17.1 Å². The van der Waals surface area contributed by atoms with Crippen LogP contribution in [0.5, 0.6) is 0 Å². The fraction of sp³-hybridized carbons (Fsp3) is 0.250. The van der Waals surface area contributed by atoms with Gasteiger partial charge in [0, 0.05) is 17.1 Å². The molecule has 0 saturated carbocycles. The van der Waals surface area contributed by atoms with Crippen molar-refractivity contribution in [1.29, 1.82) is 0 Å². The smallest absolute Gasteiger partial charge is 0.250 e. The number of halogens is 2. The largest absolute Gasteiger partial charge is 0.293 e. The maximum atomic E-state index is 13.5. The lowest BCUT2D eigenvalue weighted by Gasteiger charge is -2.17. The van der Waals surface area contributed by atoms with Gasteiger partial charge in [0.1, 0.15) is 5.82 Å². The van der Waals surface area contributed by atoms with E-state index in [0.29, 0.717) is 23.6 Å². The summed E-state index contributed by atoms with van der Waals surface area (Å²) in [6.45, 7) is 0.419. The number of fused-ring (bicyclic) bond motifs is 1. The summed E-state index contributed by atoms with van der Waals surface area (Å²) in [5, 5.41) is 1.77. The second-order valence-electron chi connectivity index (χ2n) is 3.10. The normalized spacial score (nSPS) is 16.6. The highest BCUT2D eigenvalue weighted by atomic mass is 35.5. The van der Waals surface area contributed by atoms with Crippen LogP contribution < -0.4 is 9.84 Å². The van der Waals surface area contributed by atoms with E-state index in [1.165, 1.54) is 17.1 Å². The summed E-state index contributed by atoms with van der Waals surface area (Å²) in [7, 11) is 0. The van der Waals surface area contributed by atoms with E-state index in [9.17, 15) is 8.60 Å². The first kappa shape index (κ1) is 10.8. The van der Waals surface area contributed by atoms with Crippen molar-refractivity contribution in [2.45, 2.75) is 6.42 Å². The van der Waals surface area contributed by atoms with Gasteiger partial charge in [-0.1, -0.05) is 11.6 Å². The number of rotatable bonds is 2. The molecule has 0 aromatic heterocycles. The molecule has 82 valence electrons. The zero-order valence-electron chi connectivity index (χ0n) is 7.54. The molecule has 7 heteroatoms. The minimum atomic E-state index is -2.21. The van der Waals surface area contributed by atoms with E-state index in [1.54, 1.807) is 0 Å². The number of anilines is 1. The second kappa shape index (κ2) is 4.05. The highest BCUT2D eigenvalue weighted by molar-refractivity contribution is 7.77. The Kier molecular flexibility index (Phi) is 2.92. The van der Waals surface area contributed by atoms with Crippen LogP contribution in [-0.2, 0) is 17.7 Å². The molecule has 0 amide bonds. The van der Waals surface area contributed by atoms with E-state index in [1.807, 2.05) is 0 Å². The van der Waals surface area contributed by atoms with Crippen LogP contribution in [0.2, 0.25) is 5.02 Å². The number of nitrogens with one attached hydrogen (secondary N) is 1. The SMILES string of the molecule is O=S(O)NN1CCc2c(Cl)ccc(F)c21. The lowest BCUT2D eigenvalue weighted by Crippen LogP contribution is -2.38. The molecule has 1 aliphatic rings. The van der Waals surface area contributed by atoms with Gasteiger partial charge in [-0.25, -0.2) is 8.60 Å². The van der Waals surface area contributed by atoms with Crippen LogP contribution in [0, 0.1) is 5.82 Å². The summed E-state index contributed by atoms with van der Waals surface area (Å²) in [6, 6.07) is 2.72. The Morgan fingerprint density at radius 3 is 3.00 bits per heavy atom. The van der Waals surface area contributed by atoms with Crippen molar-refractivity contribution in [3.8, 4) is 0 Å². The predicted octanol–water partition coefficient (Wildman–Crippen LogP) is 1.48.